The van der Waals surface area contributed by atoms with E-state index in [9.17, 15) is 4.79 Å². The van der Waals surface area contributed by atoms with Crippen molar-refractivity contribution in [1.82, 2.24) is 0 Å². The molecule has 0 heterocycles. The first-order valence-corrected chi connectivity index (χ1v) is 5.54. The van der Waals surface area contributed by atoms with E-state index >= 15 is 0 Å². The zero-order valence-electron chi connectivity index (χ0n) is 10.3. The second-order valence-corrected chi connectivity index (χ2v) is 4.08. The van der Waals surface area contributed by atoms with Gasteiger partial charge < -0.3 is 14.6 Å². The predicted octanol–water partition coefficient (Wildman–Crippen LogP) is 2.12. The van der Waals surface area contributed by atoms with E-state index in [1.54, 1.807) is 0 Å². The van der Waals surface area contributed by atoms with Crippen molar-refractivity contribution < 1.29 is 19.4 Å². The van der Waals surface area contributed by atoms with Crippen LogP contribution in [0.25, 0.3) is 0 Å². The van der Waals surface area contributed by atoms with Crippen LogP contribution in [0.3, 0.4) is 0 Å². The van der Waals surface area contributed by atoms with E-state index in [4.69, 9.17) is 14.6 Å². The predicted molar refractivity (Wildman–Crippen MR) is 64.3 cm³/mol. The van der Waals surface area contributed by atoms with Crippen molar-refractivity contribution in [3.05, 3.63) is 29.8 Å². The molecule has 0 fully saturated rings. The van der Waals surface area contributed by atoms with Crippen LogP contribution in [0.5, 0.6) is 5.75 Å². The van der Waals surface area contributed by atoms with E-state index in [1.165, 1.54) is 7.11 Å². The number of ether oxygens (including phenoxy) is 2. The van der Waals surface area contributed by atoms with Crippen LogP contribution >= 0.6 is 0 Å². The maximum atomic E-state index is 10.8. The van der Waals surface area contributed by atoms with Crippen molar-refractivity contribution in [3.63, 3.8) is 0 Å². The number of hydrogen-bond donors (Lipinski definition) is 1. The molecule has 0 aliphatic rings. The zero-order valence-corrected chi connectivity index (χ0v) is 10.3. The molecule has 0 aliphatic heterocycles. The standard InChI is InChI=1S/C13H18O4/c1-9(2)17-11-6-4-10(5-7-11)8-12(16-3)13(14)15/h4-7,9,12H,8H2,1-3H3,(H,14,15). The molecule has 1 unspecified atom stereocenters. The third-order valence-corrected chi connectivity index (χ3v) is 2.28. The topological polar surface area (TPSA) is 55.8 Å². The smallest absolute Gasteiger partial charge is 0.333 e. The number of carboxylic acids is 1. The maximum absolute atomic E-state index is 10.8. The van der Waals surface area contributed by atoms with E-state index in [0.29, 0.717) is 6.42 Å². The Morgan fingerprint density at radius 2 is 1.88 bits per heavy atom. The van der Waals surface area contributed by atoms with Crippen molar-refractivity contribution in [2.24, 2.45) is 0 Å². The van der Waals surface area contributed by atoms with Gasteiger partial charge in [0.05, 0.1) is 6.10 Å². The summed E-state index contributed by atoms with van der Waals surface area (Å²) in [5, 5.41) is 8.86. The molecule has 1 rings (SSSR count). The van der Waals surface area contributed by atoms with Crippen LogP contribution in [0, 0.1) is 0 Å². The van der Waals surface area contributed by atoms with Crippen LogP contribution in [-0.4, -0.2) is 30.4 Å². The normalized spacial score (nSPS) is 12.5. The first-order valence-electron chi connectivity index (χ1n) is 5.54. The summed E-state index contributed by atoms with van der Waals surface area (Å²) in [6.45, 7) is 3.92. The molecule has 1 N–H and O–H groups in total. The number of carbonyl (C=O) groups is 1. The molecule has 0 radical (unpaired) electrons. The highest BCUT2D eigenvalue weighted by Crippen LogP contribution is 2.15. The lowest BCUT2D eigenvalue weighted by atomic mass is 10.1. The van der Waals surface area contributed by atoms with Gasteiger partial charge >= 0.3 is 5.97 Å². The molecule has 0 aromatic heterocycles. The second kappa shape index (κ2) is 6.25. The van der Waals surface area contributed by atoms with Gasteiger partial charge in [0.2, 0.25) is 0 Å². The number of aliphatic carboxylic acids is 1. The summed E-state index contributed by atoms with van der Waals surface area (Å²) in [6.07, 6.45) is -0.313. The molecule has 4 nitrogen and oxygen atoms in total. The Morgan fingerprint density at radius 1 is 1.29 bits per heavy atom. The molecule has 1 aromatic carbocycles. The monoisotopic (exact) mass is 238 g/mol. The zero-order chi connectivity index (χ0) is 12.8. The molecule has 0 aliphatic carbocycles. The molecule has 0 amide bonds. The average molecular weight is 238 g/mol. The summed E-state index contributed by atoms with van der Waals surface area (Å²) in [5.41, 5.74) is 0.912. The van der Waals surface area contributed by atoms with Gasteiger partial charge in [-0.2, -0.15) is 0 Å². The Morgan fingerprint density at radius 3 is 2.29 bits per heavy atom. The summed E-state index contributed by atoms with van der Waals surface area (Å²) < 4.78 is 10.4. The minimum Gasteiger partial charge on any atom is -0.491 e. The van der Waals surface area contributed by atoms with E-state index in [1.807, 2.05) is 38.1 Å². The summed E-state index contributed by atoms with van der Waals surface area (Å²) in [5.74, 6) is -0.164. The minimum absolute atomic E-state index is 0.131. The summed E-state index contributed by atoms with van der Waals surface area (Å²) in [6, 6.07) is 7.38. The van der Waals surface area contributed by atoms with E-state index in [2.05, 4.69) is 0 Å². The third-order valence-electron chi connectivity index (χ3n) is 2.28. The van der Waals surface area contributed by atoms with Gasteiger partial charge in [-0.15, -0.1) is 0 Å². The van der Waals surface area contributed by atoms with Crippen molar-refractivity contribution in [3.8, 4) is 5.75 Å². The third kappa shape index (κ3) is 4.44. The fourth-order valence-corrected chi connectivity index (χ4v) is 1.46. The number of carboxylic acid groups (broad SMARTS) is 1. The molecule has 0 saturated heterocycles. The van der Waals surface area contributed by atoms with Gasteiger partial charge in [0.1, 0.15) is 5.75 Å². The van der Waals surface area contributed by atoms with Gasteiger partial charge in [0.25, 0.3) is 0 Å². The number of hydrogen-bond acceptors (Lipinski definition) is 3. The molecule has 0 bridgehead atoms. The van der Waals surface area contributed by atoms with Crippen LogP contribution in [0.1, 0.15) is 19.4 Å². The summed E-state index contributed by atoms with van der Waals surface area (Å²) >= 11 is 0. The van der Waals surface area contributed by atoms with E-state index in [-0.39, 0.29) is 6.10 Å². The molecule has 94 valence electrons. The Hall–Kier alpha value is -1.55. The van der Waals surface area contributed by atoms with Gasteiger partial charge in [-0.1, -0.05) is 12.1 Å². The van der Waals surface area contributed by atoms with Gasteiger partial charge in [0.15, 0.2) is 6.10 Å². The van der Waals surface area contributed by atoms with Gasteiger partial charge in [-0.25, -0.2) is 4.79 Å². The SMILES string of the molecule is COC(Cc1ccc(OC(C)C)cc1)C(=O)O. The lowest BCUT2D eigenvalue weighted by Crippen LogP contribution is -2.24. The van der Waals surface area contributed by atoms with Crippen molar-refractivity contribution in [1.29, 1.82) is 0 Å². The number of rotatable bonds is 6. The van der Waals surface area contributed by atoms with Gasteiger partial charge in [0, 0.05) is 13.5 Å². The Labute approximate surface area is 101 Å². The molecule has 4 heteroatoms. The van der Waals surface area contributed by atoms with E-state index < -0.39 is 12.1 Å². The summed E-state index contributed by atoms with van der Waals surface area (Å²) in [4.78, 5) is 10.8. The molecule has 0 spiro atoms. The van der Waals surface area contributed by atoms with Crippen molar-refractivity contribution in [2.75, 3.05) is 7.11 Å². The molecular weight excluding hydrogens is 220 g/mol. The Balaban J connectivity index is 2.64. The highest BCUT2D eigenvalue weighted by atomic mass is 16.5. The molecule has 1 aromatic rings. The van der Waals surface area contributed by atoms with Crippen LogP contribution in [-0.2, 0) is 16.0 Å². The van der Waals surface area contributed by atoms with Crippen LogP contribution in [0.4, 0.5) is 0 Å². The highest BCUT2D eigenvalue weighted by molar-refractivity contribution is 5.72. The Kier molecular flexibility index (Phi) is 4.97. The van der Waals surface area contributed by atoms with Crippen molar-refractivity contribution in [2.45, 2.75) is 32.5 Å². The largest absolute Gasteiger partial charge is 0.491 e. The lowest BCUT2D eigenvalue weighted by Gasteiger charge is -2.12. The fraction of sp³-hybridized carbons (Fsp3) is 0.462. The lowest BCUT2D eigenvalue weighted by molar-refractivity contribution is -0.148. The van der Waals surface area contributed by atoms with E-state index in [0.717, 1.165) is 11.3 Å². The summed E-state index contributed by atoms with van der Waals surface area (Å²) in [7, 11) is 1.40. The maximum Gasteiger partial charge on any atom is 0.333 e. The number of benzene rings is 1. The number of methoxy groups -OCH3 is 1. The second-order valence-electron chi connectivity index (χ2n) is 4.08. The fourth-order valence-electron chi connectivity index (χ4n) is 1.46. The minimum atomic E-state index is -0.949. The van der Waals surface area contributed by atoms with Crippen LogP contribution in [0.2, 0.25) is 0 Å². The van der Waals surface area contributed by atoms with Crippen molar-refractivity contribution >= 4 is 5.97 Å². The first kappa shape index (κ1) is 13.5. The molecule has 17 heavy (non-hydrogen) atoms. The van der Waals surface area contributed by atoms with Gasteiger partial charge in [-0.05, 0) is 31.5 Å². The molecule has 1 atom stereocenters. The Bertz CT molecular complexity index is 356. The highest BCUT2D eigenvalue weighted by Gasteiger charge is 2.16. The first-order chi connectivity index (χ1) is 8.02. The molecule has 0 saturated carbocycles. The van der Waals surface area contributed by atoms with Crippen LogP contribution < -0.4 is 4.74 Å². The molecular formula is C13H18O4. The van der Waals surface area contributed by atoms with Gasteiger partial charge in [-0.3, -0.25) is 0 Å². The average Bonchev–Trinajstić information content (AvgIpc) is 2.26. The van der Waals surface area contributed by atoms with Crippen LogP contribution in [0.15, 0.2) is 24.3 Å². The quantitative estimate of drug-likeness (QED) is 0.824.